The van der Waals surface area contributed by atoms with Gasteiger partial charge in [-0.1, -0.05) is 6.07 Å². The number of hydrogen-bond acceptors (Lipinski definition) is 4. The van der Waals surface area contributed by atoms with Crippen LogP contribution in [0.2, 0.25) is 0 Å². The van der Waals surface area contributed by atoms with Crippen molar-refractivity contribution in [2.45, 2.75) is 50.6 Å². The van der Waals surface area contributed by atoms with Gasteiger partial charge < -0.3 is 10.4 Å². The molecule has 0 radical (unpaired) electrons. The Hall–Kier alpha value is -1.95. The number of hydrogen-bond donors (Lipinski definition) is 2. The molecule has 0 aromatic carbocycles. The second-order valence-electron chi connectivity index (χ2n) is 6.98. The summed E-state index contributed by atoms with van der Waals surface area (Å²) in [5.74, 6) is -0.0362. The van der Waals surface area contributed by atoms with Gasteiger partial charge in [0.2, 0.25) is 5.91 Å². The minimum absolute atomic E-state index is 0.0519. The molecular formula is C18H25N3O3. The summed E-state index contributed by atoms with van der Waals surface area (Å²) in [6.45, 7) is 0.999. The van der Waals surface area contributed by atoms with Crippen molar-refractivity contribution < 1.29 is 14.7 Å². The summed E-state index contributed by atoms with van der Waals surface area (Å²) in [7, 11) is 0. The molecule has 0 aliphatic heterocycles. The van der Waals surface area contributed by atoms with Crippen LogP contribution in [0, 0.1) is 5.92 Å². The zero-order valence-corrected chi connectivity index (χ0v) is 13.9. The van der Waals surface area contributed by atoms with E-state index in [0.29, 0.717) is 24.8 Å². The van der Waals surface area contributed by atoms with Gasteiger partial charge in [0.1, 0.15) is 0 Å². The minimum atomic E-state index is -0.765. The zero-order valence-electron chi connectivity index (χ0n) is 13.9. The SMILES string of the molecule is O=C(O)CN(CC1CC1)C1CC(NC(=O)CCc2ccccn2)C1. The van der Waals surface area contributed by atoms with Crippen LogP contribution in [0.25, 0.3) is 0 Å². The number of aromatic nitrogens is 1. The molecular weight excluding hydrogens is 306 g/mol. The Morgan fingerprint density at radius 2 is 2.08 bits per heavy atom. The first kappa shape index (κ1) is 16.9. The van der Waals surface area contributed by atoms with E-state index in [1.54, 1.807) is 6.20 Å². The van der Waals surface area contributed by atoms with Crippen LogP contribution in [0.4, 0.5) is 0 Å². The number of pyridine rings is 1. The topological polar surface area (TPSA) is 82.5 Å². The van der Waals surface area contributed by atoms with Gasteiger partial charge in [0.05, 0.1) is 6.54 Å². The quantitative estimate of drug-likeness (QED) is 0.716. The molecule has 0 unspecified atom stereocenters. The van der Waals surface area contributed by atoms with Crippen molar-refractivity contribution in [1.82, 2.24) is 15.2 Å². The molecule has 2 N–H and O–H groups in total. The fourth-order valence-corrected chi connectivity index (χ4v) is 3.24. The van der Waals surface area contributed by atoms with E-state index in [4.69, 9.17) is 5.11 Å². The molecule has 2 aliphatic carbocycles. The second-order valence-corrected chi connectivity index (χ2v) is 6.98. The Morgan fingerprint density at radius 1 is 1.29 bits per heavy atom. The lowest BCUT2D eigenvalue weighted by Crippen LogP contribution is -2.55. The standard InChI is InChI=1S/C18H25N3O3/c22-17(7-6-14-3-1-2-8-19-14)20-15-9-16(10-15)21(12-18(23)24)11-13-4-5-13/h1-3,8,13,15-16H,4-7,9-12H2,(H,20,22)(H,23,24). The molecule has 130 valence electrons. The number of nitrogens with zero attached hydrogens (tertiary/aromatic N) is 2. The number of carboxylic acids is 1. The van der Waals surface area contributed by atoms with Crippen molar-refractivity contribution in [3.05, 3.63) is 30.1 Å². The van der Waals surface area contributed by atoms with E-state index in [1.807, 2.05) is 18.2 Å². The lowest BCUT2D eigenvalue weighted by molar-refractivity contribution is -0.140. The molecule has 1 amide bonds. The van der Waals surface area contributed by atoms with Crippen molar-refractivity contribution in [3.63, 3.8) is 0 Å². The number of carbonyl (C=O) groups is 2. The third-order valence-corrected chi connectivity index (χ3v) is 4.86. The minimum Gasteiger partial charge on any atom is -0.480 e. The summed E-state index contributed by atoms with van der Waals surface area (Å²) in [5, 5.41) is 12.1. The maximum Gasteiger partial charge on any atom is 0.317 e. The molecule has 3 rings (SSSR count). The summed E-state index contributed by atoms with van der Waals surface area (Å²) in [6, 6.07) is 6.19. The van der Waals surface area contributed by atoms with Crippen LogP contribution in [0.5, 0.6) is 0 Å². The van der Waals surface area contributed by atoms with Crippen LogP contribution >= 0.6 is 0 Å². The lowest BCUT2D eigenvalue weighted by atomic mass is 9.85. The predicted octanol–water partition coefficient (Wildman–Crippen LogP) is 1.46. The molecule has 2 saturated carbocycles. The summed E-state index contributed by atoms with van der Waals surface area (Å²) in [4.78, 5) is 29.3. The zero-order chi connectivity index (χ0) is 16.9. The molecule has 1 aromatic heterocycles. The molecule has 0 spiro atoms. The van der Waals surface area contributed by atoms with Gasteiger partial charge in [0.15, 0.2) is 0 Å². The number of carboxylic acid groups (broad SMARTS) is 1. The third-order valence-electron chi connectivity index (χ3n) is 4.86. The normalized spacial score (nSPS) is 22.9. The Morgan fingerprint density at radius 3 is 2.71 bits per heavy atom. The first-order valence-corrected chi connectivity index (χ1v) is 8.75. The van der Waals surface area contributed by atoms with Gasteiger partial charge >= 0.3 is 5.97 Å². The summed E-state index contributed by atoms with van der Waals surface area (Å²) < 4.78 is 0. The van der Waals surface area contributed by atoms with Crippen LogP contribution in [0.3, 0.4) is 0 Å². The lowest BCUT2D eigenvalue weighted by Gasteiger charge is -2.42. The average Bonchev–Trinajstić information content (AvgIpc) is 3.32. The van der Waals surface area contributed by atoms with Crippen LogP contribution in [0.15, 0.2) is 24.4 Å². The first-order chi connectivity index (χ1) is 11.6. The van der Waals surface area contributed by atoms with Crippen molar-refractivity contribution in [2.24, 2.45) is 5.92 Å². The van der Waals surface area contributed by atoms with E-state index in [0.717, 1.165) is 25.1 Å². The molecule has 0 saturated heterocycles. The summed E-state index contributed by atoms with van der Waals surface area (Å²) in [5.41, 5.74) is 0.927. The molecule has 1 heterocycles. The number of aliphatic carboxylic acids is 1. The van der Waals surface area contributed by atoms with E-state index in [2.05, 4.69) is 15.2 Å². The van der Waals surface area contributed by atoms with Crippen molar-refractivity contribution in [3.8, 4) is 0 Å². The predicted molar refractivity (Wildman–Crippen MR) is 89.4 cm³/mol. The van der Waals surface area contributed by atoms with Gasteiger partial charge in [-0.05, 0) is 50.2 Å². The highest BCUT2D eigenvalue weighted by atomic mass is 16.4. The fourth-order valence-electron chi connectivity index (χ4n) is 3.24. The number of aryl methyl sites for hydroxylation is 1. The monoisotopic (exact) mass is 331 g/mol. The van der Waals surface area contributed by atoms with E-state index in [1.165, 1.54) is 12.8 Å². The molecule has 2 fully saturated rings. The number of nitrogens with one attached hydrogen (secondary N) is 1. The molecule has 6 heteroatoms. The van der Waals surface area contributed by atoms with Gasteiger partial charge in [-0.25, -0.2) is 0 Å². The second kappa shape index (κ2) is 7.75. The Balaban J connectivity index is 1.37. The molecule has 2 aliphatic rings. The highest BCUT2D eigenvalue weighted by molar-refractivity contribution is 5.76. The Kier molecular flexibility index (Phi) is 5.45. The smallest absolute Gasteiger partial charge is 0.317 e. The van der Waals surface area contributed by atoms with Crippen LogP contribution in [-0.2, 0) is 16.0 Å². The van der Waals surface area contributed by atoms with Gasteiger partial charge in [0, 0.05) is 36.9 Å². The van der Waals surface area contributed by atoms with Gasteiger partial charge in [0.25, 0.3) is 0 Å². The van der Waals surface area contributed by atoms with E-state index in [9.17, 15) is 9.59 Å². The van der Waals surface area contributed by atoms with Crippen LogP contribution in [0.1, 0.15) is 37.8 Å². The Labute approximate surface area is 142 Å². The average molecular weight is 331 g/mol. The maximum atomic E-state index is 12.0. The highest BCUT2D eigenvalue weighted by Gasteiger charge is 2.37. The van der Waals surface area contributed by atoms with Gasteiger partial charge in [-0.3, -0.25) is 19.5 Å². The van der Waals surface area contributed by atoms with E-state index < -0.39 is 5.97 Å². The highest BCUT2D eigenvalue weighted by Crippen LogP contribution is 2.33. The summed E-state index contributed by atoms with van der Waals surface area (Å²) in [6.07, 6.45) is 6.98. The van der Waals surface area contributed by atoms with Crippen molar-refractivity contribution in [2.75, 3.05) is 13.1 Å². The fraction of sp³-hybridized carbons (Fsp3) is 0.611. The third kappa shape index (κ3) is 5.03. The van der Waals surface area contributed by atoms with E-state index in [-0.39, 0.29) is 18.5 Å². The van der Waals surface area contributed by atoms with E-state index >= 15 is 0 Å². The Bertz CT molecular complexity index is 568. The van der Waals surface area contributed by atoms with Crippen molar-refractivity contribution >= 4 is 11.9 Å². The number of carbonyl (C=O) groups excluding carboxylic acids is 1. The molecule has 0 atom stereocenters. The maximum absolute atomic E-state index is 12.0. The van der Waals surface area contributed by atoms with Crippen molar-refractivity contribution in [1.29, 1.82) is 0 Å². The molecule has 0 bridgehead atoms. The van der Waals surface area contributed by atoms with Gasteiger partial charge in [-0.2, -0.15) is 0 Å². The van der Waals surface area contributed by atoms with Gasteiger partial charge in [-0.15, -0.1) is 0 Å². The largest absolute Gasteiger partial charge is 0.480 e. The van der Waals surface area contributed by atoms with Crippen LogP contribution in [-0.4, -0.2) is 52.0 Å². The number of rotatable bonds is 9. The number of amides is 1. The first-order valence-electron chi connectivity index (χ1n) is 8.75. The molecule has 1 aromatic rings. The summed E-state index contributed by atoms with van der Waals surface area (Å²) >= 11 is 0. The van der Waals surface area contributed by atoms with Crippen LogP contribution < -0.4 is 5.32 Å². The molecule has 24 heavy (non-hydrogen) atoms. The molecule has 6 nitrogen and oxygen atoms in total.